The number of nitrogens with one attached hydrogen (secondary N) is 2. The van der Waals surface area contributed by atoms with Crippen molar-refractivity contribution in [3.63, 3.8) is 0 Å². The van der Waals surface area contributed by atoms with Gasteiger partial charge in [-0.15, -0.1) is 0 Å². The third kappa shape index (κ3) is 3.83. The lowest BCUT2D eigenvalue weighted by Gasteiger charge is -2.39. The van der Waals surface area contributed by atoms with Gasteiger partial charge in [0.05, 0.1) is 18.1 Å². The molecule has 1 saturated carbocycles. The smallest absolute Gasteiger partial charge is 0.226 e. The maximum atomic E-state index is 13.6. The molecule has 35 heavy (non-hydrogen) atoms. The van der Waals surface area contributed by atoms with E-state index in [-0.39, 0.29) is 11.2 Å². The molecule has 1 aliphatic carbocycles. The highest BCUT2D eigenvalue weighted by molar-refractivity contribution is 5.75. The van der Waals surface area contributed by atoms with E-state index in [2.05, 4.69) is 44.5 Å². The molecular weight excluding hydrogens is 443 g/mol. The van der Waals surface area contributed by atoms with E-state index in [9.17, 15) is 4.39 Å². The van der Waals surface area contributed by atoms with Gasteiger partial charge in [0.25, 0.3) is 0 Å². The Hall–Kier alpha value is -3.49. The topological polar surface area (TPSA) is 82.1 Å². The van der Waals surface area contributed by atoms with Crippen LogP contribution in [0.1, 0.15) is 32.3 Å². The van der Waals surface area contributed by atoms with Crippen LogP contribution < -0.4 is 20.4 Å². The van der Waals surface area contributed by atoms with Crippen LogP contribution in [-0.4, -0.2) is 52.9 Å². The average molecular weight is 475 g/mol. The van der Waals surface area contributed by atoms with Gasteiger partial charge in [-0.2, -0.15) is 20.2 Å². The van der Waals surface area contributed by atoms with Gasteiger partial charge >= 0.3 is 0 Å². The second-order valence-electron chi connectivity index (χ2n) is 10.6. The Balaban J connectivity index is 1.30. The Kier molecular flexibility index (Phi) is 5.23. The zero-order valence-electron chi connectivity index (χ0n) is 20.4. The minimum Gasteiger partial charge on any atom is -0.373 e. The van der Waals surface area contributed by atoms with E-state index in [0.29, 0.717) is 23.8 Å². The van der Waals surface area contributed by atoms with Crippen molar-refractivity contribution in [1.29, 1.82) is 0 Å². The molecule has 8 nitrogen and oxygen atoms in total. The van der Waals surface area contributed by atoms with Crippen molar-refractivity contribution in [2.75, 3.05) is 47.1 Å². The van der Waals surface area contributed by atoms with Gasteiger partial charge in [-0.25, -0.2) is 4.39 Å². The number of aromatic nitrogens is 4. The molecule has 4 heterocycles. The zero-order chi connectivity index (χ0) is 24.2. The van der Waals surface area contributed by atoms with E-state index < -0.39 is 0 Å². The molecule has 9 heteroatoms. The molecule has 2 N–H and O–H groups in total. The van der Waals surface area contributed by atoms with Crippen LogP contribution in [0.2, 0.25) is 0 Å². The molecule has 0 radical (unpaired) electrons. The van der Waals surface area contributed by atoms with Crippen LogP contribution in [0.3, 0.4) is 0 Å². The zero-order valence-corrected chi connectivity index (χ0v) is 20.4. The number of anilines is 5. The minimum absolute atomic E-state index is 0.149. The molecule has 3 aliphatic rings. The first-order valence-corrected chi connectivity index (χ1v) is 12.3. The molecule has 1 unspecified atom stereocenters. The number of benzene rings is 1. The van der Waals surface area contributed by atoms with Crippen LogP contribution in [0.15, 0.2) is 42.7 Å². The first-order valence-electron chi connectivity index (χ1n) is 12.3. The molecule has 2 aliphatic heterocycles. The lowest BCUT2D eigenvalue weighted by molar-refractivity contribution is 0.376. The van der Waals surface area contributed by atoms with Gasteiger partial charge in [0, 0.05) is 49.4 Å². The second kappa shape index (κ2) is 8.32. The quantitative estimate of drug-likeness (QED) is 0.569. The van der Waals surface area contributed by atoms with Gasteiger partial charge in [0.2, 0.25) is 5.95 Å². The van der Waals surface area contributed by atoms with Gasteiger partial charge in [0.1, 0.15) is 17.5 Å². The number of halogens is 1. The number of nitrogens with zero attached hydrogens (tertiary/aromatic N) is 6. The fourth-order valence-corrected chi connectivity index (χ4v) is 6.19. The Labute approximate surface area is 205 Å². The van der Waals surface area contributed by atoms with Gasteiger partial charge in [0.15, 0.2) is 0 Å². The maximum Gasteiger partial charge on any atom is 0.226 e. The molecule has 0 amide bonds. The van der Waals surface area contributed by atoms with Crippen molar-refractivity contribution in [2.24, 2.45) is 11.8 Å². The minimum atomic E-state index is -0.238. The van der Waals surface area contributed by atoms with E-state index >= 15 is 0 Å². The average Bonchev–Trinajstić information content (AvgIpc) is 3.25. The van der Waals surface area contributed by atoms with Crippen LogP contribution in [0, 0.1) is 17.7 Å². The molecule has 3 atom stereocenters. The summed E-state index contributed by atoms with van der Waals surface area (Å²) in [5.41, 5.74) is 3.02. The van der Waals surface area contributed by atoms with Gasteiger partial charge in [-0.1, -0.05) is 13.8 Å². The summed E-state index contributed by atoms with van der Waals surface area (Å²) in [6, 6.07) is 9.01. The third-order valence-corrected chi connectivity index (χ3v) is 7.81. The molecular formula is C26H31FN8. The van der Waals surface area contributed by atoms with Gasteiger partial charge in [-0.3, -0.25) is 0 Å². The maximum absolute atomic E-state index is 13.6. The molecule has 2 bridgehead atoms. The Bertz CT molecular complexity index is 1200. The van der Waals surface area contributed by atoms with Crippen molar-refractivity contribution in [3.05, 3.63) is 54.1 Å². The predicted molar refractivity (Wildman–Crippen MR) is 136 cm³/mol. The number of hydrogen-bond acceptors (Lipinski definition) is 8. The van der Waals surface area contributed by atoms with Crippen LogP contribution in [-0.2, 0) is 5.41 Å². The van der Waals surface area contributed by atoms with Crippen LogP contribution in [0.25, 0.3) is 0 Å². The third-order valence-electron chi connectivity index (χ3n) is 7.81. The molecule has 3 aromatic rings. The highest BCUT2D eigenvalue weighted by atomic mass is 19.1. The van der Waals surface area contributed by atoms with E-state index in [1.807, 2.05) is 31.4 Å². The number of rotatable bonds is 5. The molecule has 2 fully saturated rings. The Morgan fingerprint density at radius 2 is 1.71 bits per heavy atom. The summed E-state index contributed by atoms with van der Waals surface area (Å²) in [6.45, 7) is 7.13. The molecule has 1 saturated heterocycles. The fraction of sp³-hybridized carbons (Fsp3) is 0.462. The van der Waals surface area contributed by atoms with Crippen molar-refractivity contribution < 1.29 is 4.39 Å². The number of piperidine rings is 1. The van der Waals surface area contributed by atoms with Crippen LogP contribution >= 0.6 is 0 Å². The molecule has 0 spiro atoms. The van der Waals surface area contributed by atoms with Crippen molar-refractivity contribution in [1.82, 2.24) is 20.2 Å². The lowest BCUT2D eigenvalue weighted by atomic mass is 9.88. The number of fused-ring (bicyclic) bond motifs is 3. The Morgan fingerprint density at radius 1 is 0.971 bits per heavy atom. The highest BCUT2D eigenvalue weighted by Crippen LogP contribution is 2.47. The molecule has 1 aromatic carbocycles. The van der Waals surface area contributed by atoms with Crippen molar-refractivity contribution >= 4 is 29.0 Å². The number of hydrogen-bond donors (Lipinski definition) is 2. The first-order chi connectivity index (χ1) is 16.9. The predicted octanol–water partition coefficient (Wildman–Crippen LogP) is 4.20. The summed E-state index contributed by atoms with van der Waals surface area (Å²) in [7, 11) is 1.91. The highest BCUT2D eigenvalue weighted by Gasteiger charge is 2.44. The van der Waals surface area contributed by atoms with Gasteiger partial charge < -0.3 is 20.4 Å². The van der Waals surface area contributed by atoms with Crippen LogP contribution in [0.4, 0.5) is 33.3 Å². The van der Waals surface area contributed by atoms with Crippen molar-refractivity contribution in [2.45, 2.75) is 38.1 Å². The lowest BCUT2D eigenvalue weighted by Crippen LogP contribution is -2.48. The van der Waals surface area contributed by atoms with Crippen LogP contribution in [0.5, 0.6) is 0 Å². The summed E-state index contributed by atoms with van der Waals surface area (Å²) in [5.74, 6) is 3.18. The summed E-state index contributed by atoms with van der Waals surface area (Å²) in [4.78, 5) is 14.6. The monoisotopic (exact) mass is 474 g/mol. The molecule has 2 aromatic heterocycles. The summed E-state index contributed by atoms with van der Waals surface area (Å²) in [5, 5.41) is 15.0. The summed E-state index contributed by atoms with van der Waals surface area (Å²) < 4.78 is 13.6. The second-order valence-corrected chi connectivity index (χ2v) is 10.6. The van der Waals surface area contributed by atoms with E-state index in [1.54, 1.807) is 6.20 Å². The van der Waals surface area contributed by atoms with Crippen molar-refractivity contribution in [3.8, 4) is 0 Å². The normalized spacial score (nSPS) is 24.4. The molecule has 182 valence electrons. The summed E-state index contributed by atoms with van der Waals surface area (Å²) >= 11 is 0. The first kappa shape index (κ1) is 22.0. The SMILES string of the molecule is CNc1nc(NC2[C@@H]3CC[C@H]2CN(c2ccnnc2)C3)nc2c1C(C)(C)CN2c1ccc(F)cc1. The largest absolute Gasteiger partial charge is 0.373 e. The van der Waals surface area contributed by atoms with E-state index in [4.69, 9.17) is 9.97 Å². The standard InChI is InChI=1S/C26H31FN8/c1-26(2)15-35(19-8-6-18(27)7-9-19)24-21(26)23(28-3)32-25(33-24)31-22-16-4-5-17(22)14-34(13-16)20-10-11-29-30-12-20/h6-12,16-17,22H,4-5,13-15H2,1-3H3,(H2,28,31,32,33)/t16-,17+,22?. The van der Waals surface area contributed by atoms with E-state index in [0.717, 1.165) is 48.2 Å². The fourth-order valence-electron chi connectivity index (χ4n) is 6.19. The van der Waals surface area contributed by atoms with E-state index in [1.165, 1.54) is 25.0 Å². The summed E-state index contributed by atoms with van der Waals surface area (Å²) in [6.07, 6.45) is 5.99. The molecule has 6 rings (SSSR count). The van der Waals surface area contributed by atoms with Gasteiger partial charge in [-0.05, 0) is 55.0 Å². The Morgan fingerprint density at radius 3 is 2.37 bits per heavy atom.